The van der Waals surface area contributed by atoms with Crippen molar-refractivity contribution in [3.8, 4) is 0 Å². The number of unbranched alkanes of at least 4 members (excludes halogenated alkanes) is 1. The summed E-state index contributed by atoms with van der Waals surface area (Å²) in [6.07, 6.45) is 5.54. The summed E-state index contributed by atoms with van der Waals surface area (Å²) in [6.45, 7) is 4.77. The van der Waals surface area contributed by atoms with E-state index >= 15 is 0 Å². The molecule has 0 aliphatic heterocycles. The van der Waals surface area contributed by atoms with E-state index in [1.807, 2.05) is 0 Å². The number of aromatic nitrogens is 2. The molecule has 1 aliphatic rings. The van der Waals surface area contributed by atoms with E-state index in [1.54, 1.807) is 18.9 Å². The van der Waals surface area contributed by atoms with Crippen molar-refractivity contribution in [1.82, 2.24) is 20.4 Å². The van der Waals surface area contributed by atoms with Crippen molar-refractivity contribution in [3.05, 3.63) is 11.8 Å². The fraction of sp³-hybridized carbons (Fsp3) is 0.765. The summed E-state index contributed by atoms with van der Waals surface area (Å²) in [5.74, 6) is 0.425. The van der Waals surface area contributed by atoms with Crippen molar-refractivity contribution >= 4 is 11.8 Å². The highest BCUT2D eigenvalue weighted by atomic mass is 16.4. The second-order valence-corrected chi connectivity index (χ2v) is 6.55. The smallest absolute Gasteiger partial charge is 0.235 e. The Labute approximate surface area is 143 Å². The normalized spacial score (nSPS) is 20.6. The molecule has 1 fully saturated rings. The maximum Gasteiger partial charge on any atom is 0.235 e. The quantitative estimate of drug-likeness (QED) is 0.770. The van der Waals surface area contributed by atoms with Crippen LogP contribution in [0.1, 0.15) is 57.2 Å². The Kier molecular flexibility index (Phi) is 6.75. The minimum Gasteiger partial charge on any atom is -0.424 e. The van der Waals surface area contributed by atoms with Gasteiger partial charge in [-0.15, -0.1) is 10.2 Å². The van der Waals surface area contributed by atoms with E-state index in [0.29, 0.717) is 18.3 Å². The van der Waals surface area contributed by atoms with Crippen LogP contribution in [-0.4, -0.2) is 40.5 Å². The number of carbonyl (C=O) groups excluding carboxylic acids is 2. The number of nitrogens with zero attached hydrogens (tertiary/aromatic N) is 3. The van der Waals surface area contributed by atoms with Gasteiger partial charge >= 0.3 is 0 Å². The van der Waals surface area contributed by atoms with Gasteiger partial charge in [-0.2, -0.15) is 0 Å². The largest absolute Gasteiger partial charge is 0.424 e. The Hall–Kier alpha value is -1.92. The molecule has 2 amide bonds. The van der Waals surface area contributed by atoms with Gasteiger partial charge in [0.2, 0.25) is 23.6 Å². The van der Waals surface area contributed by atoms with Crippen molar-refractivity contribution in [1.29, 1.82) is 0 Å². The predicted molar refractivity (Wildman–Crippen MR) is 88.9 cm³/mol. The number of carbonyl (C=O) groups is 2. The van der Waals surface area contributed by atoms with Gasteiger partial charge in [0.1, 0.15) is 0 Å². The molecule has 1 saturated carbocycles. The first-order chi connectivity index (χ1) is 11.5. The van der Waals surface area contributed by atoms with Crippen LogP contribution in [0.4, 0.5) is 0 Å². The average molecular weight is 336 g/mol. The van der Waals surface area contributed by atoms with Crippen LogP contribution >= 0.6 is 0 Å². The lowest BCUT2D eigenvalue weighted by atomic mass is 9.78. The van der Waals surface area contributed by atoms with Gasteiger partial charge in [0.05, 0.1) is 6.54 Å². The first kappa shape index (κ1) is 18.4. The highest BCUT2D eigenvalue weighted by Crippen LogP contribution is 2.31. The Bertz CT molecular complexity index is 558. The van der Waals surface area contributed by atoms with Crippen LogP contribution in [0.25, 0.3) is 0 Å². The average Bonchev–Trinajstić information content (AvgIpc) is 2.99. The van der Waals surface area contributed by atoms with E-state index in [4.69, 9.17) is 4.42 Å². The molecule has 1 aliphatic carbocycles. The maximum absolute atomic E-state index is 12.8. The second kappa shape index (κ2) is 8.80. The van der Waals surface area contributed by atoms with Crippen LogP contribution in [0, 0.1) is 18.8 Å². The van der Waals surface area contributed by atoms with Crippen molar-refractivity contribution < 1.29 is 14.0 Å². The predicted octanol–water partition coefficient (Wildman–Crippen LogP) is 2.06. The summed E-state index contributed by atoms with van der Waals surface area (Å²) >= 11 is 0. The highest BCUT2D eigenvalue weighted by molar-refractivity contribution is 5.87. The molecule has 1 aromatic rings. The number of rotatable bonds is 7. The van der Waals surface area contributed by atoms with Crippen LogP contribution in [-0.2, 0) is 16.1 Å². The van der Waals surface area contributed by atoms with Gasteiger partial charge in [0.25, 0.3) is 0 Å². The van der Waals surface area contributed by atoms with E-state index in [0.717, 1.165) is 38.5 Å². The molecular weight excluding hydrogens is 308 g/mol. The van der Waals surface area contributed by atoms with Crippen LogP contribution in [0.3, 0.4) is 0 Å². The molecule has 0 radical (unpaired) electrons. The molecule has 1 heterocycles. The molecule has 1 N–H and O–H groups in total. The summed E-state index contributed by atoms with van der Waals surface area (Å²) in [4.78, 5) is 26.9. The third-order valence-corrected chi connectivity index (χ3v) is 4.57. The molecule has 24 heavy (non-hydrogen) atoms. The number of aryl methyl sites for hydroxylation is 1. The lowest BCUT2D eigenvalue weighted by molar-refractivity contribution is -0.143. The van der Waals surface area contributed by atoms with E-state index in [2.05, 4.69) is 22.4 Å². The molecule has 0 aromatic carbocycles. The van der Waals surface area contributed by atoms with E-state index in [-0.39, 0.29) is 30.2 Å². The molecule has 7 heteroatoms. The van der Waals surface area contributed by atoms with Gasteiger partial charge in [0.15, 0.2) is 0 Å². The highest BCUT2D eigenvalue weighted by Gasteiger charge is 2.37. The lowest BCUT2D eigenvalue weighted by Crippen LogP contribution is -2.44. The minimum absolute atomic E-state index is 0.0128. The van der Waals surface area contributed by atoms with Gasteiger partial charge in [-0.3, -0.25) is 9.59 Å². The first-order valence-corrected chi connectivity index (χ1v) is 8.84. The van der Waals surface area contributed by atoms with Crippen LogP contribution in [0.2, 0.25) is 0 Å². The van der Waals surface area contributed by atoms with E-state index in [1.165, 1.54) is 0 Å². The monoisotopic (exact) mass is 336 g/mol. The molecule has 0 unspecified atom stereocenters. The Morgan fingerprint density at radius 3 is 2.58 bits per heavy atom. The Morgan fingerprint density at radius 2 is 1.96 bits per heavy atom. The molecule has 0 bridgehead atoms. The van der Waals surface area contributed by atoms with Crippen molar-refractivity contribution in [2.75, 3.05) is 13.6 Å². The Balaban J connectivity index is 1.97. The lowest BCUT2D eigenvalue weighted by Gasteiger charge is -2.32. The van der Waals surface area contributed by atoms with Crippen LogP contribution < -0.4 is 5.32 Å². The number of amides is 2. The van der Waals surface area contributed by atoms with Crippen molar-refractivity contribution in [3.63, 3.8) is 0 Å². The SMILES string of the molecule is CCCCNC(=O)[C@H]1CCCC[C@H]1C(=O)N(C)Cc1nnc(C)o1. The summed E-state index contributed by atoms with van der Waals surface area (Å²) in [6, 6.07) is 0. The van der Waals surface area contributed by atoms with Gasteiger partial charge in [-0.05, 0) is 19.3 Å². The molecule has 134 valence electrons. The fourth-order valence-electron chi connectivity index (χ4n) is 3.23. The number of hydrogen-bond donors (Lipinski definition) is 1. The molecule has 0 saturated heterocycles. The summed E-state index contributed by atoms with van der Waals surface area (Å²) in [5.41, 5.74) is 0. The third-order valence-electron chi connectivity index (χ3n) is 4.57. The standard InChI is InChI=1S/C17H28N4O3/c1-4-5-10-18-16(22)13-8-6-7-9-14(13)17(23)21(3)11-15-20-19-12(2)24-15/h13-14H,4-11H2,1-3H3,(H,18,22)/t13-,14+/m0/s1. The molecular formula is C17H28N4O3. The molecule has 2 atom stereocenters. The summed E-state index contributed by atoms with van der Waals surface area (Å²) in [5, 5.41) is 10.7. The van der Waals surface area contributed by atoms with Gasteiger partial charge in [-0.25, -0.2) is 0 Å². The second-order valence-electron chi connectivity index (χ2n) is 6.55. The van der Waals surface area contributed by atoms with Gasteiger partial charge in [-0.1, -0.05) is 26.2 Å². The maximum atomic E-state index is 12.8. The molecule has 1 aromatic heterocycles. The third kappa shape index (κ3) is 4.79. The summed E-state index contributed by atoms with van der Waals surface area (Å²) in [7, 11) is 1.72. The van der Waals surface area contributed by atoms with Crippen molar-refractivity contribution in [2.24, 2.45) is 11.8 Å². The van der Waals surface area contributed by atoms with E-state index < -0.39 is 0 Å². The van der Waals surface area contributed by atoms with Gasteiger partial charge in [0, 0.05) is 32.4 Å². The zero-order chi connectivity index (χ0) is 17.5. The van der Waals surface area contributed by atoms with Crippen molar-refractivity contribution in [2.45, 2.75) is 58.9 Å². The van der Waals surface area contributed by atoms with Crippen LogP contribution in [0.5, 0.6) is 0 Å². The first-order valence-electron chi connectivity index (χ1n) is 8.84. The Morgan fingerprint density at radius 1 is 1.25 bits per heavy atom. The zero-order valence-electron chi connectivity index (χ0n) is 14.9. The van der Waals surface area contributed by atoms with Crippen LogP contribution in [0.15, 0.2) is 4.42 Å². The minimum atomic E-state index is -0.255. The molecule has 0 spiro atoms. The summed E-state index contributed by atoms with van der Waals surface area (Å²) < 4.78 is 5.34. The molecule has 7 nitrogen and oxygen atoms in total. The van der Waals surface area contributed by atoms with Gasteiger partial charge < -0.3 is 14.6 Å². The molecule has 2 rings (SSSR count). The fourth-order valence-corrected chi connectivity index (χ4v) is 3.23. The number of nitrogens with one attached hydrogen (secondary N) is 1. The topological polar surface area (TPSA) is 88.3 Å². The van der Waals surface area contributed by atoms with E-state index in [9.17, 15) is 9.59 Å². The number of hydrogen-bond acceptors (Lipinski definition) is 5. The zero-order valence-corrected chi connectivity index (χ0v) is 14.9.